The molecule has 0 N–H and O–H groups in total. The molecule has 3 heteroatoms. The van der Waals surface area contributed by atoms with E-state index in [-0.39, 0.29) is 12.1 Å². The second-order valence-electron chi connectivity index (χ2n) is 11.9. The number of carbonyl (C=O) groups is 1. The number of nitrogens with zero attached hydrogens (tertiary/aromatic N) is 1. The van der Waals surface area contributed by atoms with Crippen molar-refractivity contribution in [2.75, 3.05) is 13.2 Å². The molecule has 1 amide bonds. The Morgan fingerprint density at radius 1 is 0.556 bits per heavy atom. The number of hydrogen-bond donors (Lipinski definition) is 0. The molecule has 0 bridgehead atoms. The Morgan fingerprint density at radius 2 is 0.917 bits per heavy atom. The fraction of sp³-hybridized carbons (Fsp3) is 0.970. The molecule has 216 valence electrons. The maximum absolute atomic E-state index is 12.8. The van der Waals surface area contributed by atoms with Crippen LogP contribution in [0.2, 0.25) is 0 Å². The summed E-state index contributed by atoms with van der Waals surface area (Å²) in [7, 11) is 0. The van der Waals surface area contributed by atoms with Gasteiger partial charge in [0.15, 0.2) is 0 Å². The zero-order valence-electron chi connectivity index (χ0n) is 25.6. The summed E-state index contributed by atoms with van der Waals surface area (Å²) in [6.45, 7) is 12.4. The third-order valence-electron chi connectivity index (χ3n) is 7.53. The first-order chi connectivity index (χ1) is 17.5. The van der Waals surface area contributed by atoms with E-state index in [0.717, 1.165) is 19.4 Å². The minimum Gasteiger partial charge on any atom is -0.449 e. The van der Waals surface area contributed by atoms with Gasteiger partial charge >= 0.3 is 6.09 Å². The Morgan fingerprint density at radius 3 is 1.31 bits per heavy atom. The lowest BCUT2D eigenvalue weighted by atomic mass is 10.0. The van der Waals surface area contributed by atoms with Gasteiger partial charge in [0.05, 0.1) is 6.61 Å². The van der Waals surface area contributed by atoms with Crippen molar-refractivity contribution >= 4 is 6.09 Å². The molecule has 0 saturated heterocycles. The first-order valence-electron chi connectivity index (χ1n) is 16.5. The second kappa shape index (κ2) is 27.3. The largest absolute Gasteiger partial charge is 0.449 e. The van der Waals surface area contributed by atoms with Crippen molar-refractivity contribution in [3.63, 3.8) is 0 Å². The molecule has 0 spiro atoms. The minimum atomic E-state index is -0.0913. The normalized spacial score (nSPS) is 12.3. The van der Waals surface area contributed by atoms with Crippen LogP contribution in [0.15, 0.2) is 0 Å². The van der Waals surface area contributed by atoms with Gasteiger partial charge in [-0.05, 0) is 25.7 Å². The molecule has 0 saturated carbocycles. The van der Waals surface area contributed by atoms with E-state index < -0.39 is 0 Å². The quantitative estimate of drug-likeness (QED) is 0.103. The SMILES string of the molecule is CCCCCCCCCCCCCCN(C(=O)OCC(C)C)C(C)CCCCCCCCCCCC. The molecular weight excluding hydrogens is 442 g/mol. The number of rotatable bonds is 27. The number of amides is 1. The smallest absolute Gasteiger partial charge is 0.410 e. The van der Waals surface area contributed by atoms with E-state index in [2.05, 4.69) is 34.6 Å². The Balaban J connectivity index is 4.04. The summed E-state index contributed by atoms with van der Waals surface area (Å²) in [5, 5.41) is 0. The lowest BCUT2D eigenvalue weighted by Gasteiger charge is -2.29. The van der Waals surface area contributed by atoms with Gasteiger partial charge in [0.2, 0.25) is 0 Å². The molecule has 0 aromatic carbocycles. The van der Waals surface area contributed by atoms with Crippen molar-refractivity contribution in [2.45, 2.75) is 188 Å². The third kappa shape index (κ3) is 23.7. The molecule has 0 aliphatic carbocycles. The van der Waals surface area contributed by atoms with Crippen LogP contribution in [-0.4, -0.2) is 30.2 Å². The van der Waals surface area contributed by atoms with Crippen LogP contribution in [0.25, 0.3) is 0 Å². The molecular formula is C33H67NO2. The summed E-state index contributed by atoms with van der Waals surface area (Å²) in [5.41, 5.74) is 0. The summed E-state index contributed by atoms with van der Waals surface area (Å²) in [4.78, 5) is 14.8. The van der Waals surface area contributed by atoms with Crippen molar-refractivity contribution in [1.29, 1.82) is 0 Å². The van der Waals surface area contributed by atoms with Crippen LogP contribution in [-0.2, 0) is 4.74 Å². The average molecular weight is 510 g/mol. The van der Waals surface area contributed by atoms with E-state index >= 15 is 0 Å². The van der Waals surface area contributed by atoms with Crippen LogP contribution in [0.1, 0.15) is 182 Å². The minimum absolute atomic E-state index is 0.0913. The van der Waals surface area contributed by atoms with Crippen molar-refractivity contribution in [2.24, 2.45) is 5.92 Å². The molecule has 0 radical (unpaired) electrons. The highest BCUT2D eigenvalue weighted by atomic mass is 16.6. The van der Waals surface area contributed by atoms with Crippen molar-refractivity contribution in [1.82, 2.24) is 4.90 Å². The number of ether oxygens (including phenoxy) is 1. The van der Waals surface area contributed by atoms with Gasteiger partial charge in [0, 0.05) is 12.6 Å². The van der Waals surface area contributed by atoms with Gasteiger partial charge < -0.3 is 9.64 Å². The predicted molar refractivity (Wildman–Crippen MR) is 160 cm³/mol. The topological polar surface area (TPSA) is 29.5 Å². The first-order valence-corrected chi connectivity index (χ1v) is 16.5. The molecule has 0 aliphatic heterocycles. The van der Waals surface area contributed by atoms with Crippen LogP contribution in [0.5, 0.6) is 0 Å². The first kappa shape index (κ1) is 35.3. The average Bonchev–Trinajstić information content (AvgIpc) is 2.86. The zero-order chi connectivity index (χ0) is 26.7. The molecule has 1 unspecified atom stereocenters. The lowest BCUT2D eigenvalue weighted by Crippen LogP contribution is -2.40. The summed E-state index contributed by atoms with van der Waals surface area (Å²) >= 11 is 0. The Kier molecular flexibility index (Phi) is 26.8. The molecule has 0 heterocycles. The number of hydrogen-bond acceptors (Lipinski definition) is 2. The predicted octanol–water partition coefficient (Wildman–Crippen LogP) is 11.5. The van der Waals surface area contributed by atoms with Gasteiger partial charge in [-0.25, -0.2) is 4.79 Å². The van der Waals surface area contributed by atoms with E-state index in [0.29, 0.717) is 12.5 Å². The molecule has 0 aromatic rings. The number of unbranched alkanes of at least 4 members (excludes halogenated alkanes) is 20. The van der Waals surface area contributed by atoms with E-state index in [4.69, 9.17) is 4.74 Å². The maximum atomic E-state index is 12.8. The fourth-order valence-electron chi connectivity index (χ4n) is 5.02. The highest BCUT2D eigenvalue weighted by molar-refractivity contribution is 5.68. The van der Waals surface area contributed by atoms with Crippen LogP contribution in [0.4, 0.5) is 4.79 Å². The highest BCUT2D eigenvalue weighted by Gasteiger charge is 2.21. The van der Waals surface area contributed by atoms with E-state index in [1.165, 1.54) is 135 Å². The van der Waals surface area contributed by atoms with Gasteiger partial charge in [-0.3, -0.25) is 0 Å². The van der Waals surface area contributed by atoms with E-state index in [1.54, 1.807) is 0 Å². The standard InChI is InChI=1S/C33H67NO2/c1-6-8-10-12-14-16-18-19-21-23-25-27-29-34(33(35)36-30-31(3)4)32(5)28-26-24-22-20-17-15-13-11-9-7-2/h31-32H,6-30H2,1-5H3. The molecule has 0 fully saturated rings. The maximum Gasteiger partial charge on any atom is 0.410 e. The number of carbonyl (C=O) groups excluding carboxylic acids is 1. The second-order valence-corrected chi connectivity index (χ2v) is 11.9. The van der Waals surface area contributed by atoms with Gasteiger partial charge in [-0.1, -0.05) is 163 Å². The summed E-state index contributed by atoms with van der Waals surface area (Å²) in [5.74, 6) is 0.389. The van der Waals surface area contributed by atoms with Gasteiger partial charge in [0.25, 0.3) is 0 Å². The van der Waals surface area contributed by atoms with E-state index in [1.807, 2.05) is 4.90 Å². The molecule has 0 aliphatic rings. The Bertz CT molecular complexity index is 451. The van der Waals surface area contributed by atoms with Gasteiger partial charge in [0.1, 0.15) is 0 Å². The molecule has 0 aromatic heterocycles. The van der Waals surface area contributed by atoms with Crippen molar-refractivity contribution < 1.29 is 9.53 Å². The summed E-state index contributed by atoms with van der Waals surface area (Å²) in [6, 6.07) is 0.284. The van der Waals surface area contributed by atoms with Crippen LogP contribution in [0.3, 0.4) is 0 Å². The monoisotopic (exact) mass is 510 g/mol. The third-order valence-corrected chi connectivity index (χ3v) is 7.53. The van der Waals surface area contributed by atoms with Gasteiger partial charge in [-0.15, -0.1) is 0 Å². The van der Waals surface area contributed by atoms with E-state index in [9.17, 15) is 4.79 Å². The molecule has 1 atom stereocenters. The molecule has 36 heavy (non-hydrogen) atoms. The van der Waals surface area contributed by atoms with Crippen molar-refractivity contribution in [3.05, 3.63) is 0 Å². The molecule has 3 nitrogen and oxygen atoms in total. The molecule has 0 rings (SSSR count). The van der Waals surface area contributed by atoms with Crippen molar-refractivity contribution in [3.8, 4) is 0 Å². The van der Waals surface area contributed by atoms with Gasteiger partial charge in [-0.2, -0.15) is 0 Å². The lowest BCUT2D eigenvalue weighted by molar-refractivity contribution is 0.0768. The highest BCUT2D eigenvalue weighted by Crippen LogP contribution is 2.17. The summed E-state index contributed by atoms with van der Waals surface area (Å²) < 4.78 is 5.63. The zero-order valence-corrected chi connectivity index (χ0v) is 25.6. The Hall–Kier alpha value is -0.730. The summed E-state index contributed by atoms with van der Waals surface area (Å²) in [6.07, 6.45) is 30.8. The van der Waals surface area contributed by atoms with Crippen LogP contribution >= 0.6 is 0 Å². The van der Waals surface area contributed by atoms with Crippen LogP contribution in [0, 0.1) is 5.92 Å². The Labute approximate surface area is 227 Å². The fourth-order valence-corrected chi connectivity index (χ4v) is 5.02. The van der Waals surface area contributed by atoms with Crippen LogP contribution < -0.4 is 0 Å².